The monoisotopic (exact) mass is 610 g/mol. The standard InChI is InChI=1S/C39H38N4O3/c1-3-42(38(44)36-33-22-12-10-20-31(33)32-21-11-13-23-34(32)36)27-41-35-24-14-15-28(2)43(29-16-6-4-7-17-29)39(45)37(35)40-25-26-46-30-18-8-5-9-19-30/h4-24,36,40-41H,3,25-27H2,1-2H3/b24-14+,28-15-,37-35-. The quantitative estimate of drug-likeness (QED) is 0.148. The molecule has 0 unspecified atom stereocenters. The Labute approximate surface area is 270 Å². The van der Waals surface area contributed by atoms with Gasteiger partial charge in [0.05, 0.1) is 18.3 Å². The third-order valence-corrected chi connectivity index (χ3v) is 8.30. The minimum Gasteiger partial charge on any atom is -0.492 e. The number of carbonyl (C=O) groups excluding carboxylic acids is 2. The van der Waals surface area contributed by atoms with Crippen molar-refractivity contribution in [2.24, 2.45) is 0 Å². The number of benzene rings is 4. The molecule has 0 aromatic heterocycles. The van der Waals surface area contributed by atoms with Crippen molar-refractivity contribution >= 4 is 17.5 Å². The van der Waals surface area contributed by atoms with Gasteiger partial charge in [-0.25, -0.2) is 0 Å². The Morgan fingerprint density at radius 1 is 0.826 bits per heavy atom. The normalized spacial score (nSPS) is 17.6. The average Bonchev–Trinajstić information content (AvgIpc) is 3.43. The molecule has 0 fully saturated rings. The van der Waals surface area contributed by atoms with Gasteiger partial charge in [-0.15, -0.1) is 0 Å². The summed E-state index contributed by atoms with van der Waals surface area (Å²) in [5, 5.41) is 6.79. The van der Waals surface area contributed by atoms with Gasteiger partial charge in [-0.2, -0.15) is 0 Å². The number of anilines is 1. The zero-order valence-electron chi connectivity index (χ0n) is 26.1. The lowest BCUT2D eigenvalue weighted by Crippen LogP contribution is -2.43. The predicted octanol–water partition coefficient (Wildman–Crippen LogP) is 6.58. The highest BCUT2D eigenvalue weighted by atomic mass is 16.5. The molecule has 2 N–H and O–H groups in total. The molecule has 7 heteroatoms. The summed E-state index contributed by atoms with van der Waals surface area (Å²) in [7, 11) is 0. The zero-order valence-corrected chi connectivity index (χ0v) is 26.1. The van der Waals surface area contributed by atoms with Gasteiger partial charge in [-0.1, -0.05) is 91.0 Å². The fraction of sp³-hybridized carbons (Fsp3) is 0.179. The minimum absolute atomic E-state index is 0.0153. The number of rotatable bonds is 11. The molecule has 1 aliphatic heterocycles. The molecule has 4 aromatic carbocycles. The van der Waals surface area contributed by atoms with Crippen LogP contribution in [-0.4, -0.2) is 43.1 Å². The first-order chi connectivity index (χ1) is 22.6. The number of ether oxygens (including phenoxy) is 1. The van der Waals surface area contributed by atoms with Crippen molar-refractivity contribution in [1.82, 2.24) is 15.5 Å². The highest BCUT2D eigenvalue weighted by Gasteiger charge is 2.35. The fourth-order valence-electron chi connectivity index (χ4n) is 6.04. The van der Waals surface area contributed by atoms with Gasteiger partial charge >= 0.3 is 0 Å². The van der Waals surface area contributed by atoms with E-state index in [0.29, 0.717) is 31.1 Å². The third-order valence-electron chi connectivity index (χ3n) is 8.30. The summed E-state index contributed by atoms with van der Waals surface area (Å²) in [6, 6.07) is 35.4. The first-order valence-corrected chi connectivity index (χ1v) is 15.7. The van der Waals surface area contributed by atoms with Crippen molar-refractivity contribution < 1.29 is 14.3 Å². The van der Waals surface area contributed by atoms with Crippen molar-refractivity contribution in [3.05, 3.63) is 156 Å². The molecule has 4 aromatic rings. The second kappa shape index (κ2) is 14.0. The molecule has 0 saturated carbocycles. The highest BCUT2D eigenvalue weighted by molar-refractivity contribution is 6.08. The van der Waals surface area contributed by atoms with Crippen LogP contribution in [0.5, 0.6) is 5.75 Å². The summed E-state index contributed by atoms with van der Waals surface area (Å²) in [5.74, 6) is 0.183. The summed E-state index contributed by atoms with van der Waals surface area (Å²) in [4.78, 5) is 32.0. The van der Waals surface area contributed by atoms with Gasteiger partial charge < -0.3 is 20.3 Å². The summed E-state index contributed by atoms with van der Waals surface area (Å²) >= 11 is 0. The molecule has 7 nitrogen and oxygen atoms in total. The lowest BCUT2D eigenvalue weighted by atomic mass is 9.95. The predicted molar refractivity (Wildman–Crippen MR) is 183 cm³/mol. The number of nitrogens with one attached hydrogen (secondary N) is 2. The van der Waals surface area contributed by atoms with Gasteiger partial charge in [-0.3, -0.25) is 14.5 Å². The molecule has 232 valence electrons. The molecule has 2 amide bonds. The molecular weight excluding hydrogens is 572 g/mol. The second-order valence-electron chi connectivity index (χ2n) is 11.2. The molecule has 2 aliphatic rings. The van der Waals surface area contributed by atoms with Crippen LogP contribution in [-0.2, 0) is 9.59 Å². The van der Waals surface area contributed by atoms with Crippen molar-refractivity contribution in [2.75, 3.05) is 31.3 Å². The molecule has 0 bridgehead atoms. The van der Waals surface area contributed by atoms with E-state index in [1.165, 1.54) is 0 Å². The van der Waals surface area contributed by atoms with E-state index in [2.05, 4.69) is 22.8 Å². The summed E-state index contributed by atoms with van der Waals surface area (Å²) in [5.41, 5.74) is 6.78. The van der Waals surface area contributed by atoms with Gasteiger partial charge in [0.15, 0.2) is 0 Å². The zero-order chi connectivity index (χ0) is 31.9. The number of carbonyl (C=O) groups is 2. The molecule has 0 spiro atoms. The SMILES string of the molecule is CCN(CNC1=C(/NCCOc2ccccc2)C(=O)N(c2ccccc2)\C(C)=C/C=C/1)C(=O)C1c2ccccc2-c2ccccc21. The van der Waals surface area contributed by atoms with Crippen LogP contribution in [0.3, 0.4) is 0 Å². The van der Waals surface area contributed by atoms with E-state index in [4.69, 9.17) is 4.74 Å². The van der Waals surface area contributed by atoms with Crippen molar-refractivity contribution in [2.45, 2.75) is 19.8 Å². The number of allylic oxidation sites excluding steroid dienone is 4. The number of hydrogen-bond donors (Lipinski definition) is 2. The van der Waals surface area contributed by atoms with Crippen LogP contribution < -0.4 is 20.3 Å². The Balaban J connectivity index is 1.27. The number of amides is 2. The van der Waals surface area contributed by atoms with Crippen LogP contribution in [0.4, 0.5) is 5.69 Å². The summed E-state index contributed by atoms with van der Waals surface area (Å²) in [6.45, 7) is 5.37. The Hall–Kier alpha value is -5.56. The first-order valence-electron chi connectivity index (χ1n) is 15.7. The minimum atomic E-state index is -0.385. The Bertz CT molecular complexity index is 1750. The first kappa shape index (κ1) is 30.5. The van der Waals surface area contributed by atoms with E-state index in [1.807, 2.05) is 129 Å². The van der Waals surface area contributed by atoms with Crippen LogP contribution in [0.1, 0.15) is 30.9 Å². The summed E-state index contributed by atoms with van der Waals surface area (Å²) in [6.07, 6.45) is 5.71. The smallest absolute Gasteiger partial charge is 0.280 e. The lowest BCUT2D eigenvalue weighted by molar-refractivity contribution is -0.131. The Kier molecular flexibility index (Phi) is 9.29. The molecule has 0 radical (unpaired) electrons. The lowest BCUT2D eigenvalue weighted by Gasteiger charge is -2.29. The number of fused-ring (bicyclic) bond motifs is 3. The van der Waals surface area contributed by atoms with Gasteiger partial charge in [-0.05, 0) is 72.5 Å². The molecule has 46 heavy (non-hydrogen) atoms. The maximum atomic E-state index is 14.3. The number of para-hydroxylation sites is 2. The van der Waals surface area contributed by atoms with Gasteiger partial charge in [0.1, 0.15) is 18.1 Å². The van der Waals surface area contributed by atoms with Gasteiger partial charge in [0.2, 0.25) is 5.91 Å². The van der Waals surface area contributed by atoms with Crippen molar-refractivity contribution in [3.8, 4) is 16.9 Å². The maximum Gasteiger partial charge on any atom is 0.280 e. The van der Waals surface area contributed by atoms with E-state index in [0.717, 1.165) is 39.4 Å². The third kappa shape index (κ3) is 6.31. The van der Waals surface area contributed by atoms with Crippen LogP contribution in [0, 0.1) is 0 Å². The van der Waals surface area contributed by atoms with E-state index < -0.39 is 0 Å². The average molecular weight is 611 g/mol. The molecule has 1 heterocycles. The molecule has 0 saturated heterocycles. The molecule has 6 rings (SSSR count). The van der Waals surface area contributed by atoms with Crippen LogP contribution in [0.2, 0.25) is 0 Å². The molecule has 1 aliphatic carbocycles. The number of likely N-dealkylation sites (N-methyl/N-ethyl adjacent to an activating group) is 1. The Morgan fingerprint density at radius 2 is 1.43 bits per heavy atom. The second-order valence-corrected chi connectivity index (χ2v) is 11.2. The Morgan fingerprint density at radius 3 is 2.09 bits per heavy atom. The fourth-order valence-corrected chi connectivity index (χ4v) is 6.04. The van der Waals surface area contributed by atoms with Gasteiger partial charge in [0, 0.05) is 24.5 Å². The van der Waals surface area contributed by atoms with Crippen LogP contribution in [0.25, 0.3) is 11.1 Å². The van der Waals surface area contributed by atoms with Crippen molar-refractivity contribution in [1.29, 1.82) is 0 Å². The van der Waals surface area contributed by atoms with Crippen molar-refractivity contribution in [3.63, 3.8) is 0 Å². The van der Waals surface area contributed by atoms with E-state index in [9.17, 15) is 9.59 Å². The van der Waals surface area contributed by atoms with E-state index in [-0.39, 0.29) is 24.4 Å². The topological polar surface area (TPSA) is 73.9 Å². The van der Waals surface area contributed by atoms with E-state index in [1.54, 1.807) is 9.80 Å². The number of hydrogen-bond acceptors (Lipinski definition) is 5. The van der Waals surface area contributed by atoms with Crippen LogP contribution >= 0.6 is 0 Å². The largest absolute Gasteiger partial charge is 0.492 e. The van der Waals surface area contributed by atoms with Crippen LogP contribution in [0.15, 0.2) is 145 Å². The highest BCUT2D eigenvalue weighted by Crippen LogP contribution is 2.45. The van der Waals surface area contributed by atoms with Gasteiger partial charge in [0.25, 0.3) is 5.91 Å². The van der Waals surface area contributed by atoms with E-state index >= 15 is 0 Å². The molecular formula is C39H38N4O3. The summed E-state index contributed by atoms with van der Waals surface area (Å²) < 4.78 is 5.90. The maximum absolute atomic E-state index is 14.3. The number of nitrogens with zero attached hydrogens (tertiary/aromatic N) is 2. The molecule has 0 atom stereocenters.